The number of hydrogen-bond acceptors (Lipinski definition) is 4. The first-order chi connectivity index (χ1) is 6.16. The predicted molar refractivity (Wildman–Crippen MR) is 45.8 cm³/mol. The Kier molecular flexibility index (Phi) is 3.21. The Morgan fingerprint density at radius 3 is 2.43 bits per heavy atom. The summed E-state index contributed by atoms with van der Waals surface area (Å²) in [6.07, 6.45) is 0. The van der Waals surface area contributed by atoms with Gasteiger partial charge in [-0.25, -0.2) is 4.79 Å². The summed E-state index contributed by atoms with van der Waals surface area (Å²) in [4.78, 5) is 10.8. The zero-order valence-electron chi connectivity index (χ0n) is 7.52. The van der Waals surface area contributed by atoms with Crippen LogP contribution in [-0.4, -0.2) is 10.2 Å². The first-order valence-electron chi connectivity index (χ1n) is 3.62. The third-order valence-corrected chi connectivity index (χ3v) is 1.72. The van der Waals surface area contributed by atoms with E-state index in [9.17, 15) is 4.79 Å². The molecule has 0 atom stereocenters. The number of benzene rings is 1. The van der Waals surface area contributed by atoms with Crippen LogP contribution in [0.5, 0.6) is 11.5 Å². The van der Waals surface area contributed by atoms with Crippen LogP contribution in [0.2, 0.25) is 0 Å². The largest absolute Gasteiger partial charge is 1.00 e. The summed E-state index contributed by atoms with van der Waals surface area (Å²) in [5.41, 5.74) is -0.236. The number of aromatic hydroxyl groups is 2. The Labute approximate surface area is 101 Å². The van der Waals surface area contributed by atoms with Gasteiger partial charge < -0.3 is 14.6 Å². The van der Waals surface area contributed by atoms with E-state index in [1.807, 2.05) is 0 Å². The Morgan fingerprint density at radius 1 is 1.07 bits per heavy atom. The minimum absolute atomic E-state index is 0. The normalized spacial score (nSPS) is 9.71. The summed E-state index contributed by atoms with van der Waals surface area (Å²) in [5.74, 6) is -0.539. The maximum atomic E-state index is 10.8. The van der Waals surface area contributed by atoms with Crippen LogP contribution in [0.25, 0.3) is 11.0 Å². The smallest absolute Gasteiger partial charge is 0.504 e. The topological polar surface area (TPSA) is 70.7 Å². The Hall–Kier alpha value is -0.970. The maximum absolute atomic E-state index is 10.8. The molecule has 14 heavy (non-hydrogen) atoms. The van der Waals surface area contributed by atoms with Crippen molar-refractivity contribution in [3.63, 3.8) is 0 Å². The third kappa shape index (κ3) is 1.92. The third-order valence-electron chi connectivity index (χ3n) is 1.72. The van der Waals surface area contributed by atoms with E-state index in [0.717, 1.165) is 0 Å². The van der Waals surface area contributed by atoms with Crippen LogP contribution < -0.4 is 35.2 Å². The number of hydrogen-bond donors (Lipinski definition) is 2. The molecule has 0 aliphatic heterocycles. The van der Waals surface area contributed by atoms with Gasteiger partial charge in [0.25, 0.3) is 0 Å². The van der Waals surface area contributed by atoms with E-state index >= 15 is 0 Å². The summed E-state index contributed by atoms with van der Waals surface area (Å²) in [7, 11) is 0. The maximum Gasteiger partial charge on any atom is 1.00 e. The fraction of sp³-hybridized carbons (Fsp3) is 0. The molecule has 1 aromatic carbocycles. The number of phenols is 2. The first kappa shape index (κ1) is 11.1. The fourth-order valence-corrected chi connectivity index (χ4v) is 1.09. The Balaban J connectivity index is 0.000000980. The molecular formula is C9H6NaO4+. The van der Waals surface area contributed by atoms with Crippen LogP contribution in [0, 0.1) is 0 Å². The van der Waals surface area contributed by atoms with Crippen molar-refractivity contribution in [2.24, 2.45) is 0 Å². The second kappa shape index (κ2) is 4.04. The molecule has 0 bridgehead atoms. The molecule has 2 N–H and O–H groups in total. The fourth-order valence-electron chi connectivity index (χ4n) is 1.09. The Morgan fingerprint density at radius 2 is 1.71 bits per heavy atom. The average Bonchev–Trinajstić information content (AvgIpc) is 2.08. The van der Waals surface area contributed by atoms with Gasteiger partial charge in [-0.15, -0.1) is 0 Å². The molecule has 4 nitrogen and oxygen atoms in total. The SMILES string of the molecule is O=c1ccc2cc(O)c(O)cc2o1.[Na+]. The van der Waals surface area contributed by atoms with Gasteiger partial charge in [-0.05, 0) is 12.1 Å². The summed E-state index contributed by atoms with van der Waals surface area (Å²) in [6, 6.07) is 5.29. The van der Waals surface area contributed by atoms with Gasteiger partial charge in [-0.3, -0.25) is 0 Å². The van der Waals surface area contributed by atoms with Crippen LogP contribution in [-0.2, 0) is 0 Å². The summed E-state index contributed by atoms with van der Waals surface area (Å²) in [5, 5.41) is 18.8. The number of rotatable bonds is 0. The van der Waals surface area contributed by atoms with Gasteiger partial charge in [0, 0.05) is 17.5 Å². The Bertz CT molecular complexity index is 518. The minimum atomic E-state index is -0.488. The van der Waals surface area contributed by atoms with E-state index < -0.39 is 5.63 Å². The van der Waals surface area contributed by atoms with Gasteiger partial charge in [0.05, 0.1) is 0 Å². The molecule has 1 heterocycles. The molecular weight excluding hydrogens is 195 g/mol. The molecule has 66 valence electrons. The van der Waals surface area contributed by atoms with Gasteiger partial charge in [0.15, 0.2) is 11.5 Å². The molecule has 0 aliphatic rings. The summed E-state index contributed by atoms with van der Waals surface area (Å²) in [6.45, 7) is 0. The summed E-state index contributed by atoms with van der Waals surface area (Å²) < 4.78 is 4.77. The van der Waals surface area contributed by atoms with E-state index in [0.29, 0.717) is 5.39 Å². The summed E-state index contributed by atoms with van der Waals surface area (Å²) >= 11 is 0. The van der Waals surface area contributed by atoms with Crippen molar-refractivity contribution in [1.29, 1.82) is 0 Å². The molecule has 0 aliphatic carbocycles. The van der Waals surface area contributed by atoms with Crippen LogP contribution >= 0.6 is 0 Å². The average molecular weight is 201 g/mol. The molecule has 0 radical (unpaired) electrons. The standard InChI is InChI=1S/C9H6O4.Na/c10-6-3-5-1-2-9(12)13-8(5)4-7(6)11;/h1-4,10-11H;/q;+1. The molecule has 0 fully saturated rings. The number of fused-ring (bicyclic) bond motifs is 1. The van der Waals surface area contributed by atoms with Crippen molar-refractivity contribution in [3.05, 3.63) is 34.7 Å². The number of phenolic OH excluding ortho intramolecular Hbond substituents is 2. The van der Waals surface area contributed by atoms with Crippen molar-refractivity contribution >= 4 is 11.0 Å². The molecule has 0 amide bonds. The molecule has 2 rings (SSSR count). The first-order valence-corrected chi connectivity index (χ1v) is 3.62. The van der Waals surface area contributed by atoms with Gasteiger partial charge in [0.1, 0.15) is 5.58 Å². The molecule has 1 aromatic heterocycles. The van der Waals surface area contributed by atoms with Gasteiger partial charge in [0.2, 0.25) is 0 Å². The van der Waals surface area contributed by atoms with Gasteiger partial charge in [-0.2, -0.15) is 0 Å². The predicted octanol–water partition coefficient (Wildman–Crippen LogP) is -1.79. The van der Waals surface area contributed by atoms with Crippen molar-refractivity contribution in [2.75, 3.05) is 0 Å². The van der Waals surface area contributed by atoms with E-state index in [1.165, 1.54) is 24.3 Å². The second-order valence-corrected chi connectivity index (χ2v) is 2.63. The molecule has 0 unspecified atom stereocenters. The van der Waals surface area contributed by atoms with E-state index in [4.69, 9.17) is 14.6 Å². The van der Waals surface area contributed by atoms with E-state index in [2.05, 4.69) is 0 Å². The van der Waals surface area contributed by atoms with Crippen LogP contribution in [0.1, 0.15) is 0 Å². The van der Waals surface area contributed by atoms with E-state index in [-0.39, 0.29) is 46.6 Å². The second-order valence-electron chi connectivity index (χ2n) is 2.63. The minimum Gasteiger partial charge on any atom is -0.504 e. The van der Waals surface area contributed by atoms with Crippen LogP contribution in [0.15, 0.2) is 33.5 Å². The molecule has 0 saturated heterocycles. The van der Waals surface area contributed by atoms with Crippen LogP contribution in [0.3, 0.4) is 0 Å². The zero-order valence-corrected chi connectivity index (χ0v) is 9.52. The molecule has 5 heteroatoms. The quantitative estimate of drug-likeness (QED) is 0.300. The van der Waals surface area contributed by atoms with E-state index in [1.54, 1.807) is 0 Å². The van der Waals surface area contributed by atoms with Crippen LogP contribution in [0.4, 0.5) is 0 Å². The van der Waals surface area contributed by atoms with Crippen molar-refractivity contribution in [1.82, 2.24) is 0 Å². The molecule has 0 saturated carbocycles. The molecule has 2 aromatic rings. The monoisotopic (exact) mass is 201 g/mol. The molecule has 0 spiro atoms. The van der Waals surface area contributed by atoms with Gasteiger partial charge >= 0.3 is 35.2 Å². The van der Waals surface area contributed by atoms with Crippen molar-refractivity contribution < 1.29 is 44.2 Å². The van der Waals surface area contributed by atoms with Crippen molar-refractivity contribution in [3.8, 4) is 11.5 Å². The van der Waals surface area contributed by atoms with Gasteiger partial charge in [-0.1, -0.05) is 0 Å². The van der Waals surface area contributed by atoms with Crippen molar-refractivity contribution in [2.45, 2.75) is 0 Å². The zero-order chi connectivity index (χ0) is 9.42.